The Balaban J connectivity index is 1.79. The number of nitrogens with one attached hydrogen (secondary N) is 1. The molecule has 1 saturated heterocycles. The van der Waals surface area contributed by atoms with Crippen LogP contribution in [0.3, 0.4) is 0 Å². The van der Waals surface area contributed by atoms with E-state index in [-0.39, 0.29) is 0 Å². The minimum atomic E-state index is 0.487. The Hall–Kier alpha value is -1.13. The first-order valence-electron chi connectivity index (χ1n) is 6.21. The molecule has 1 N–H and O–H groups in total. The molecular weight excluding hydrogens is 232 g/mol. The first-order valence-corrected chi connectivity index (χ1v) is 7.03. The number of aromatic nitrogens is 1. The predicted molar refractivity (Wildman–Crippen MR) is 67.2 cm³/mol. The molecule has 0 saturated carbocycles. The van der Waals surface area contributed by atoms with Crippen molar-refractivity contribution in [1.82, 2.24) is 10.3 Å². The second-order valence-electron chi connectivity index (χ2n) is 4.73. The van der Waals surface area contributed by atoms with E-state index in [4.69, 9.17) is 9.40 Å². The molecule has 4 heteroatoms. The number of nitrogens with zero attached hydrogens (tertiary/aromatic N) is 1. The van der Waals surface area contributed by atoms with E-state index in [2.05, 4.69) is 11.4 Å². The van der Waals surface area contributed by atoms with E-state index < -0.39 is 0 Å². The van der Waals surface area contributed by atoms with E-state index in [0.717, 1.165) is 25.1 Å². The molecule has 1 atom stereocenters. The molecule has 17 heavy (non-hydrogen) atoms. The van der Waals surface area contributed by atoms with Gasteiger partial charge in [-0.05, 0) is 31.9 Å². The first kappa shape index (κ1) is 9.85. The molecule has 2 aliphatic rings. The standard InChI is InChI=1S/C13H14N2OS/c1-2-9(14-6-1)13-15-12-8-5-7-16-10(8)3-4-11(12)17-13/h5,7,9,14H,1-4,6H2. The van der Waals surface area contributed by atoms with Crippen LogP contribution in [-0.2, 0) is 12.8 Å². The number of thiazole rings is 1. The molecule has 1 aliphatic carbocycles. The Labute approximate surface area is 104 Å². The number of furan rings is 1. The highest BCUT2D eigenvalue weighted by Crippen LogP contribution is 2.39. The monoisotopic (exact) mass is 246 g/mol. The fourth-order valence-electron chi connectivity index (χ4n) is 2.77. The summed E-state index contributed by atoms with van der Waals surface area (Å²) >= 11 is 1.88. The summed E-state index contributed by atoms with van der Waals surface area (Å²) in [5.74, 6) is 1.11. The molecular formula is C13H14N2OS. The number of hydrogen-bond donors (Lipinski definition) is 1. The molecule has 3 heterocycles. The third-order valence-corrected chi connectivity index (χ3v) is 4.88. The Kier molecular flexibility index (Phi) is 2.13. The van der Waals surface area contributed by atoms with Gasteiger partial charge in [-0.1, -0.05) is 0 Å². The van der Waals surface area contributed by atoms with Gasteiger partial charge in [0.05, 0.1) is 18.0 Å². The number of rotatable bonds is 1. The lowest BCUT2D eigenvalue weighted by molar-refractivity contribution is 0.508. The lowest BCUT2D eigenvalue weighted by Gasteiger charge is -2.07. The van der Waals surface area contributed by atoms with Crippen molar-refractivity contribution in [3.05, 3.63) is 28.0 Å². The van der Waals surface area contributed by atoms with E-state index in [9.17, 15) is 0 Å². The minimum Gasteiger partial charge on any atom is -0.469 e. The fourth-order valence-corrected chi connectivity index (χ4v) is 3.96. The quantitative estimate of drug-likeness (QED) is 0.840. The van der Waals surface area contributed by atoms with Crippen molar-refractivity contribution < 1.29 is 4.42 Å². The molecule has 2 aromatic rings. The highest BCUT2D eigenvalue weighted by Gasteiger charge is 2.26. The number of fused-ring (bicyclic) bond motifs is 3. The van der Waals surface area contributed by atoms with Gasteiger partial charge in [-0.3, -0.25) is 0 Å². The molecule has 1 unspecified atom stereocenters. The average Bonchev–Trinajstić information content (AvgIpc) is 3.08. The lowest BCUT2D eigenvalue weighted by atomic mass is 10.0. The molecule has 88 valence electrons. The van der Waals surface area contributed by atoms with E-state index in [1.54, 1.807) is 6.26 Å². The highest BCUT2D eigenvalue weighted by atomic mass is 32.1. The summed E-state index contributed by atoms with van der Waals surface area (Å²) in [6, 6.07) is 2.54. The van der Waals surface area contributed by atoms with E-state index in [0.29, 0.717) is 6.04 Å². The van der Waals surface area contributed by atoms with E-state index in [1.165, 1.54) is 34.0 Å². The summed E-state index contributed by atoms with van der Waals surface area (Å²) in [7, 11) is 0. The summed E-state index contributed by atoms with van der Waals surface area (Å²) in [6.07, 6.45) is 6.39. The van der Waals surface area contributed by atoms with Crippen LogP contribution >= 0.6 is 11.3 Å². The maximum Gasteiger partial charge on any atom is 0.113 e. The Morgan fingerprint density at radius 3 is 3.29 bits per heavy atom. The van der Waals surface area contributed by atoms with Crippen molar-refractivity contribution >= 4 is 11.3 Å². The van der Waals surface area contributed by atoms with Crippen molar-refractivity contribution in [2.24, 2.45) is 0 Å². The Morgan fingerprint density at radius 2 is 2.41 bits per heavy atom. The minimum absolute atomic E-state index is 0.487. The molecule has 1 aliphatic heterocycles. The normalized spacial score (nSPS) is 22.5. The first-order chi connectivity index (χ1) is 8.42. The fraction of sp³-hybridized carbons (Fsp3) is 0.462. The zero-order valence-corrected chi connectivity index (χ0v) is 10.3. The van der Waals surface area contributed by atoms with Crippen molar-refractivity contribution in [2.45, 2.75) is 31.7 Å². The van der Waals surface area contributed by atoms with Crippen LogP contribution in [0.2, 0.25) is 0 Å². The van der Waals surface area contributed by atoms with Gasteiger partial charge < -0.3 is 9.73 Å². The van der Waals surface area contributed by atoms with Crippen LogP contribution in [0.5, 0.6) is 0 Å². The van der Waals surface area contributed by atoms with Gasteiger partial charge >= 0.3 is 0 Å². The van der Waals surface area contributed by atoms with Gasteiger partial charge in [0.2, 0.25) is 0 Å². The average molecular weight is 246 g/mol. The summed E-state index contributed by atoms with van der Waals surface area (Å²) < 4.78 is 5.50. The van der Waals surface area contributed by atoms with E-state index in [1.807, 2.05) is 11.3 Å². The van der Waals surface area contributed by atoms with Crippen molar-refractivity contribution in [3.63, 3.8) is 0 Å². The van der Waals surface area contributed by atoms with Crippen molar-refractivity contribution in [1.29, 1.82) is 0 Å². The van der Waals surface area contributed by atoms with Gasteiger partial charge in [0.1, 0.15) is 10.8 Å². The maximum absolute atomic E-state index is 5.50. The molecule has 0 bridgehead atoms. The van der Waals surface area contributed by atoms with Crippen LogP contribution < -0.4 is 5.32 Å². The SMILES string of the molecule is c1cc2c(o1)CCc1sc(C3CCCN3)nc1-2. The van der Waals surface area contributed by atoms with Gasteiger partial charge in [0.15, 0.2) is 0 Å². The van der Waals surface area contributed by atoms with Gasteiger partial charge in [-0.25, -0.2) is 4.98 Å². The van der Waals surface area contributed by atoms with Crippen LogP contribution in [-0.4, -0.2) is 11.5 Å². The van der Waals surface area contributed by atoms with Gasteiger partial charge in [0, 0.05) is 16.9 Å². The van der Waals surface area contributed by atoms with Crippen LogP contribution in [0.25, 0.3) is 11.3 Å². The molecule has 4 rings (SSSR count). The topological polar surface area (TPSA) is 38.1 Å². The van der Waals surface area contributed by atoms with Crippen LogP contribution in [0.4, 0.5) is 0 Å². The van der Waals surface area contributed by atoms with Crippen LogP contribution in [0.15, 0.2) is 16.7 Å². The molecule has 0 spiro atoms. The number of hydrogen-bond acceptors (Lipinski definition) is 4. The molecule has 0 amide bonds. The predicted octanol–water partition coefficient (Wildman–Crippen LogP) is 2.93. The van der Waals surface area contributed by atoms with E-state index >= 15 is 0 Å². The van der Waals surface area contributed by atoms with Crippen molar-refractivity contribution in [2.75, 3.05) is 6.54 Å². The Bertz CT molecular complexity index is 552. The van der Waals surface area contributed by atoms with Gasteiger partial charge in [-0.2, -0.15) is 0 Å². The Morgan fingerprint density at radius 1 is 1.41 bits per heavy atom. The second kappa shape index (κ2) is 3.68. The second-order valence-corrected chi connectivity index (χ2v) is 5.85. The smallest absolute Gasteiger partial charge is 0.113 e. The molecule has 0 aromatic carbocycles. The van der Waals surface area contributed by atoms with Crippen LogP contribution in [0, 0.1) is 0 Å². The van der Waals surface area contributed by atoms with Gasteiger partial charge in [0.25, 0.3) is 0 Å². The largest absolute Gasteiger partial charge is 0.469 e. The molecule has 3 nitrogen and oxygen atoms in total. The third-order valence-electron chi connectivity index (χ3n) is 3.65. The molecule has 2 aromatic heterocycles. The summed E-state index contributed by atoms with van der Waals surface area (Å²) in [5.41, 5.74) is 2.39. The summed E-state index contributed by atoms with van der Waals surface area (Å²) in [6.45, 7) is 1.13. The number of aryl methyl sites for hydroxylation is 2. The van der Waals surface area contributed by atoms with Crippen LogP contribution in [0.1, 0.15) is 34.5 Å². The molecule has 0 radical (unpaired) electrons. The summed E-state index contributed by atoms with van der Waals surface area (Å²) in [5, 5.41) is 4.79. The lowest BCUT2D eigenvalue weighted by Crippen LogP contribution is -2.12. The molecule has 1 fully saturated rings. The van der Waals surface area contributed by atoms with Crippen molar-refractivity contribution in [3.8, 4) is 11.3 Å². The third kappa shape index (κ3) is 1.47. The summed E-state index contributed by atoms with van der Waals surface area (Å²) in [4.78, 5) is 6.28. The van der Waals surface area contributed by atoms with Gasteiger partial charge in [-0.15, -0.1) is 11.3 Å². The zero-order valence-electron chi connectivity index (χ0n) is 9.53. The zero-order chi connectivity index (χ0) is 11.2. The highest BCUT2D eigenvalue weighted by molar-refractivity contribution is 7.12. The maximum atomic E-state index is 5.50.